The lowest BCUT2D eigenvalue weighted by Crippen LogP contribution is -2.20. The van der Waals surface area contributed by atoms with Crippen molar-refractivity contribution in [3.05, 3.63) is 82.5 Å². The Bertz CT molecular complexity index is 1070. The number of carbonyl (C=O) groups excluding carboxylic acids is 1. The van der Waals surface area contributed by atoms with Crippen LogP contribution in [0.3, 0.4) is 0 Å². The van der Waals surface area contributed by atoms with E-state index in [1.807, 2.05) is 72.0 Å². The Balaban J connectivity index is 0.00000326. The van der Waals surface area contributed by atoms with Gasteiger partial charge < -0.3 is 15.7 Å². The first-order valence-electron chi connectivity index (χ1n) is 12.9. The van der Waals surface area contributed by atoms with E-state index in [-0.39, 0.29) is 11.6 Å². The van der Waals surface area contributed by atoms with Crippen LogP contribution in [0.2, 0.25) is 0 Å². The number of hydrogen-bond donors (Lipinski definition) is 3. The van der Waals surface area contributed by atoms with Crippen LogP contribution in [0, 0.1) is 18.7 Å². The molecule has 0 radical (unpaired) electrons. The molecule has 0 bridgehead atoms. The van der Waals surface area contributed by atoms with E-state index < -0.39 is 17.8 Å². The predicted octanol–water partition coefficient (Wildman–Crippen LogP) is 8.36. The number of nitrogens with one attached hydrogen (secondary N) is 2. The maximum absolute atomic E-state index is 13.8. The Kier molecular flexibility index (Phi) is 18.8. The Morgan fingerprint density at radius 2 is 1.74 bits per heavy atom. The number of carbonyl (C=O) groups is 2. The largest absolute Gasteiger partial charge is 0.477 e. The van der Waals surface area contributed by atoms with Crippen LogP contribution in [0.4, 0.5) is 20.6 Å². The predicted molar refractivity (Wildman–Crippen MR) is 162 cm³/mol. The van der Waals surface area contributed by atoms with Gasteiger partial charge in [-0.2, -0.15) is 0 Å². The summed E-state index contributed by atoms with van der Waals surface area (Å²) in [7, 11) is 0. The van der Waals surface area contributed by atoms with E-state index in [0.717, 1.165) is 17.5 Å². The van der Waals surface area contributed by atoms with Crippen molar-refractivity contribution in [3.63, 3.8) is 0 Å². The molecule has 2 rings (SSSR count). The molecular formula is C30H42FN3O3S. The standard InChI is InChI=1S/C26H30FN3O3S.2C2H6/c1-4-14-28-17-20(16-24(34-3)25(31)32)7-5-6-19-9-11-21(12-10-19)29-26(33)30-23-15-18(2)8-13-22(23)27;2*1-2/h5,7-16,20H,4,6,17H2,1-3H3,(H,31,32)(H2,29,30,33);2*1-2H3/b7-5?,24-16-,28-14?;;. The van der Waals surface area contributed by atoms with E-state index >= 15 is 0 Å². The van der Waals surface area contributed by atoms with Gasteiger partial charge in [-0.1, -0.05) is 71.0 Å². The number of aryl methyl sites for hydroxylation is 1. The maximum atomic E-state index is 13.8. The molecule has 38 heavy (non-hydrogen) atoms. The van der Waals surface area contributed by atoms with Crippen molar-refractivity contribution in [1.29, 1.82) is 0 Å². The minimum absolute atomic E-state index is 0.118. The first-order valence-corrected chi connectivity index (χ1v) is 14.1. The molecule has 0 spiro atoms. The van der Waals surface area contributed by atoms with Crippen molar-refractivity contribution >= 4 is 41.4 Å². The Hall–Kier alpha value is -3.39. The summed E-state index contributed by atoms with van der Waals surface area (Å²) >= 11 is 1.20. The second-order valence-electron chi connectivity index (χ2n) is 7.55. The number of nitrogens with zero attached hydrogens (tertiary/aromatic N) is 1. The highest BCUT2D eigenvalue weighted by Gasteiger charge is 2.10. The van der Waals surface area contributed by atoms with Crippen LogP contribution in [0.5, 0.6) is 0 Å². The number of benzene rings is 2. The Morgan fingerprint density at radius 3 is 2.32 bits per heavy atom. The average molecular weight is 544 g/mol. The summed E-state index contributed by atoms with van der Waals surface area (Å²) in [5.74, 6) is -1.56. The molecule has 3 N–H and O–H groups in total. The van der Waals surface area contributed by atoms with Crippen LogP contribution in [-0.2, 0) is 11.2 Å². The number of thioether (sulfide) groups is 1. The van der Waals surface area contributed by atoms with Crippen LogP contribution in [0.1, 0.15) is 52.2 Å². The fourth-order valence-electron chi connectivity index (χ4n) is 3.04. The third kappa shape index (κ3) is 13.8. The van der Waals surface area contributed by atoms with Gasteiger partial charge in [0, 0.05) is 18.2 Å². The van der Waals surface area contributed by atoms with Crippen molar-refractivity contribution in [2.24, 2.45) is 10.9 Å². The van der Waals surface area contributed by atoms with Crippen molar-refractivity contribution < 1.29 is 19.1 Å². The normalized spacial score (nSPS) is 11.7. The molecule has 1 unspecified atom stereocenters. The molecule has 0 aliphatic rings. The van der Waals surface area contributed by atoms with E-state index in [1.54, 1.807) is 36.6 Å². The van der Waals surface area contributed by atoms with Gasteiger partial charge in [0.1, 0.15) is 5.82 Å². The molecule has 208 valence electrons. The van der Waals surface area contributed by atoms with E-state index in [1.165, 1.54) is 17.8 Å². The van der Waals surface area contributed by atoms with Gasteiger partial charge in [-0.05, 0) is 67.6 Å². The summed E-state index contributed by atoms with van der Waals surface area (Å²) in [5, 5.41) is 14.5. The lowest BCUT2D eigenvalue weighted by Gasteiger charge is -2.10. The summed E-state index contributed by atoms with van der Waals surface area (Å²) in [4.78, 5) is 28.2. The highest BCUT2D eigenvalue weighted by Crippen LogP contribution is 2.18. The number of amides is 2. The highest BCUT2D eigenvalue weighted by molar-refractivity contribution is 8.03. The summed E-state index contributed by atoms with van der Waals surface area (Å²) < 4.78 is 13.8. The molecule has 1 atom stereocenters. The number of carboxylic acid groups (broad SMARTS) is 1. The number of aliphatic imine (C=N–C) groups is 1. The van der Waals surface area contributed by atoms with Crippen molar-refractivity contribution in [2.75, 3.05) is 23.4 Å². The second-order valence-corrected chi connectivity index (χ2v) is 8.40. The van der Waals surface area contributed by atoms with Crippen LogP contribution < -0.4 is 10.6 Å². The van der Waals surface area contributed by atoms with E-state index in [0.29, 0.717) is 23.6 Å². The molecule has 6 nitrogen and oxygen atoms in total. The molecule has 2 aromatic carbocycles. The molecular weight excluding hydrogens is 501 g/mol. The molecule has 0 aliphatic heterocycles. The van der Waals surface area contributed by atoms with Gasteiger partial charge in [-0.3, -0.25) is 4.99 Å². The van der Waals surface area contributed by atoms with Crippen molar-refractivity contribution in [3.8, 4) is 0 Å². The fraction of sp³-hybridized carbons (Fsp3) is 0.367. The number of aliphatic carboxylic acids is 1. The number of rotatable bonds is 11. The van der Waals surface area contributed by atoms with Gasteiger partial charge >= 0.3 is 12.0 Å². The number of halogens is 1. The van der Waals surface area contributed by atoms with E-state index in [9.17, 15) is 19.1 Å². The number of allylic oxidation sites excluding steroid dienone is 1. The Morgan fingerprint density at radius 1 is 1.08 bits per heavy atom. The van der Waals surface area contributed by atoms with Crippen LogP contribution in [-0.4, -0.2) is 36.1 Å². The Labute approximate surface area is 231 Å². The van der Waals surface area contributed by atoms with Gasteiger partial charge in [0.15, 0.2) is 0 Å². The topological polar surface area (TPSA) is 90.8 Å². The van der Waals surface area contributed by atoms with Gasteiger partial charge in [0.25, 0.3) is 0 Å². The monoisotopic (exact) mass is 543 g/mol. The lowest BCUT2D eigenvalue weighted by molar-refractivity contribution is -0.131. The van der Waals surface area contributed by atoms with Crippen molar-refractivity contribution in [1.82, 2.24) is 0 Å². The van der Waals surface area contributed by atoms with Crippen LogP contribution in [0.25, 0.3) is 0 Å². The smallest absolute Gasteiger partial charge is 0.341 e. The van der Waals surface area contributed by atoms with Gasteiger partial charge in [-0.15, -0.1) is 11.8 Å². The molecule has 2 amide bonds. The fourth-order valence-corrected chi connectivity index (χ4v) is 3.52. The zero-order chi connectivity index (χ0) is 28.9. The SMILES string of the molecule is CC.CC.CCC=NCC(C=CCc1ccc(NC(=O)Nc2cc(C)ccc2F)cc1)/C=C(\SC)C(=O)O. The first kappa shape index (κ1) is 34.6. The molecule has 8 heteroatoms. The summed E-state index contributed by atoms with van der Waals surface area (Å²) in [6, 6.07) is 11.3. The number of urea groups is 1. The number of hydrogen-bond acceptors (Lipinski definition) is 4. The third-order valence-corrected chi connectivity index (χ3v) is 5.49. The summed E-state index contributed by atoms with van der Waals surface area (Å²) in [5.41, 5.74) is 2.57. The third-order valence-electron chi connectivity index (χ3n) is 4.74. The molecule has 0 aromatic heterocycles. The summed E-state index contributed by atoms with van der Waals surface area (Å²) in [6.07, 6.45) is 10.7. The zero-order valence-corrected chi connectivity index (χ0v) is 24.4. The highest BCUT2D eigenvalue weighted by atomic mass is 32.2. The molecule has 2 aromatic rings. The van der Waals surface area contributed by atoms with Crippen LogP contribution >= 0.6 is 11.8 Å². The van der Waals surface area contributed by atoms with Gasteiger partial charge in [-0.25, -0.2) is 14.0 Å². The van der Waals surface area contributed by atoms with Gasteiger partial charge in [0.05, 0.1) is 10.6 Å². The minimum Gasteiger partial charge on any atom is -0.477 e. The first-order chi connectivity index (χ1) is 18.3. The van der Waals surface area contributed by atoms with Crippen LogP contribution in [0.15, 0.2) is 70.6 Å². The molecule has 0 saturated carbocycles. The number of anilines is 2. The zero-order valence-electron chi connectivity index (χ0n) is 23.5. The van der Waals surface area contributed by atoms with Crippen molar-refractivity contribution in [2.45, 2.75) is 54.4 Å². The minimum atomic E-state index is -0.942. The van der Waals surface area contributed by atoms with E-state index in [4.69, 9.17) is 0 Å². The quantitative estimate of drug-likeness (QED) is 0.151. The number of carboxylic acids is 1. The van der Waals surface area contributed by atoms with Gasteiger partial charge in [0.2, 0.25) is 0 Å². The molecule has 0 heterocycles. The second kappa shape index (κ2) is 20.6. The lowest BCUT2D eigenvalue weighted by atomic mass is 10.1. The molecule has 0 saturated heterocycles. The van der Waals surface area contributed by atoms with E-state index in [2.05, 4.69) is 15.6 Å². The summed E-state index contributed by atoms with van der Waals surface area (Å²) in [6.45, 7) is 12.3. The molecule has 0 aliphatic carbocycles. The average Bonchev–Trinajstić information content (AvgIpc) is 2.92. The maximum Gasteiger partial charge on any atom is 0.341 e. The molecule has 0 fully saturated rings.